The van der Waals surface area contributed by atoms with E-state index in [-0.39, 0.29) is 4.90 Å². The molecule has 2 aromatic rings. The molecular weight excluding hydrogens is 354 g/mol. The van der Waals surface area contributed by atoms with Crippen LogP contribution in [0.5, 0.6) is 0 Å². The third-order valence-electron chi connectivity index (χ3n) is 4.65. The normalized spacial score (nSPS) is 15.6. The minimum Gasteiger partial charge on any atom is -0.317 e. The van der Waals surface area contributed by atoms with Crippen LogP contribution in [-0.2, 0) is 10.0 Å². The number of nitro groups is 1. The van der Waals surface area contributed by atoms with Crippen LogP contribution in [-0.4, -0.2) is 26.4 Å². The molecule has 0 aliphatic carbocycles. The lowest BCUT2D eigenvalue weighted by Crippen LogP contribution is -2.27. The first kappa shape index (κ1) is 18.3. The molecule has 1 fully saturated rings. The van der Waals surface area contributed by atoms with Gasteiger partial charge in [0.05, 0.1) is 4.92 Å². The van der Waals surface area contributed by atoms with Gasteiger partial charge in [0.1, 0.15) is 0 Å². The quantitative estimate of drug-likeness (QED) is 0.617. The van der Waals surface area contributed by atoms with Gasteiger partial charge in [-0.05, 0) is 68.1 Å². The van der Waals surface area contributed by atoms with Crippen molar-refractivity contribution in [2.45, 2.75) is 30.6 Å². The van der Waals surface area contributed by atoms with Gasteiger partial charge in [0, 0.05) is 11.8 Å². The van der Waals surface area contributed by atoms with E-state index in [2.05, 4.69) is 10.0 Å². The summed E-state index contributed by atoms with van der Waals surface area (Å²) in [6.45, 7) is 3.92. The molecular formula is C18H21N3O4S. The van der Waals surface area contributed by atoms with E-state index >= 15 is 0 Å². The summed E-state index contributed by atoms with van der Waals surface area (Å²) in [5.41, 5.74) is 2.20. The third kappa shape index (κ3) is 3.86. The maximum absolute atomic E-state index is 12.6. The lowest BCUT2D eigenvalue weighted by Gasteiger charge is -2.24. The van der Waals surface area contributed by atoms with Crippen LogP contribution in [0.25, 0.3) is 0 Å². The molecule has 0 unspecified atom stereocenters. The summed E-state index contributed by atoms with van der Waals surface area (Å²) in [6.07, 6.45) is 2.12. The highest BCUT2D eigenvalue weighted by Crippen LogP contribution is 2.31. The summed E-state index contributed by atoms with van der Waals surface area (Å²) in [5.74, 6) is 0.470. The largest absolute Gasteiger partial charge is 0.317 e. The molecule has 0 bridgehead atoms. The number of sulfonamides is 1. The highest BCUT2D eigenvalue weighted by atomic mass is 32.2. The first-order valence-electron chi connectivity index (χ1n) is 8.46. The highest BCUT2D eigenvalue weighted by Gasteiger charge is 2.25. The third-order valence-corrected chi connectivity index (χ3v) is 6.08. The number of aryl methyl sites for hydroxylation is 1. The van der Waals surface area contributed by atoms with Crippen LogP contribution in [0.15, 0.2) is 47.4 Å². The van der Waals surface area contributed by atoms with Crippen LogP contribution in [0, 0.1) is 17.0 Å². The molecule has 1 heterocycles. The van der Waals surface area contributed by atoms with Crippen LogP contribution < -0.4 is 10.0 Å². The van der Waals surface area contributed by atoms with Gasteiger partial charge in [-0.2, -0.15) is 0 Å². The first-order chi connectivity index (χ1) is 12.4. The minimum absolute atomic E-state index is 0.343. The van der Waals surface area contributed by atoms with Crippen LogP contribution in [0.2, 0.25) is 0 Å². The van der Waals surface area contributed by atoms with Gasteiger partial charge >= 0.3 is 0 Å². The Hall–Kier alpha value is -2.45. The van der Waals surface area contributed by atoms with Crippen LogP contribution in [0.4, 0.5) is 11.4 Å². The Balaban J connectivity index is 1.87. The van der Waals surface area contributed by atoms with Crippen molar-refractivity contribution in [2.24, 2.45) is 0 Å². The van der Waals surface area contributed by atoms with E-state index in [1.54, 1.807) is 12.1 Å². The monoisotopic (exact) mass is 375 g/mol. The van der Waals surface area contributed by atoms with E-state index in [1.165, 1.54) is 29.8 Å². The van der Waals surface area contributed by atoms with Crippen molar-refractivity contribution in [1.29, 1.82) is 0 Å². The molecule has 8 heteroatoms. The molecule has 138 valence electrons. The molecule has 2 N–H and O–H groups in total. The number of benzene rings is 2. The highest BCUT2D eigenvalue weighted by molar-refractivity contribution is 7.92. The summed E-state index contributed by atoms with van der Waals surface area (Å²) in [5, 5.41) is 14.4. The number of nitrogens with one attached hydrogen (secondary N) is 2. The number of anilines is 1. The van der Waals surface area contributed by atoms with Crippen molar-refractivity contribution < 1.29 is 13.3 Å². The Labute approximate surface area is 152 Å². The maximum Gasteiger partial charge on any atom is 0.289 e. The molecule has 0 spiro atoms. The molecule has 1 saturated heterocycles. The molecule has 1 aliphatic rings. The second-order valence-electron chi connectivity index (χ2n) is 6.43. The molecule has 0 aromatic heterocycles. The van der Waals surface area contributed by atoms with E-state index in [4.69, 9.17) is 0 Å². The van der Waals surface area contributed by atoms with Gasteiger partial charge in [0.15, 0.2) is 4.90 Å². The zero-order valence-corrected chi connectivity index (χ0v) is 15.3. The van der Waals surface area contributed by atoms with Crippen molar-refractivity contribution in [3.63, 3.8) is 0 Å². The number of nitrogens with zero attached hydrogens (tertiary/aromatic N) is 1. The van der Waals surface area contributed by atoms with Gasteiger partial charge in [0.25, 0.3) is 15.7 Å². The Morgan fingerprint density at radius 1 is 1.15 bits per heavy atom. The molecule has 1 aliphatic heterocycles. The Morgan fingerprint density at radius 3 is 2.50 bits per heavy atom. The number of hydrogen-bond donors (Lipinski definition) is 2. The average molecular weight is 375 g/mol. The summed E-state index contributed by atoms with van der Waals surface area (Å²) >= 11 is 0. The fourth-order valence-corrected chi connectivity index (χ4v) is 4.60. The first-order valence-corrected chi connectivity index (χ1v) is 9.94. The Morgan fingerprint density at radius 2 is 1.85 bits per heavy atom. The minimum atomic E-state index is -4.05. The van der Waals surface area contributed by atoms with E-state index in [9.17, 15) is 18.5 Å². The van der Waals surface area contributed by atoms with E-state index in [1.807, 2.05) is 13.0 Å². The summed E-state index contributed by atoms with van der Waals surface area (Å²) in [6, 6.07) is 10.8. The summed E-state index contributed by atoms with van der Waals surface area (Å²) in [7, 11) is -4.05. The number of piperidine rings is 1. The van der Waals surface area contributed by atoms with Crippen molar-refractivity contribution in [1.82, 2.24) is 5.32 Å². The molecule has 0 atom stereocenters. The maximum atomic E-state index is 12.6. The second-order valence-corrected chi connectivity index (χ2v) is 8.08. The Kier molecular flexibility index (Phi) is 5.24. The lowest BCUT2D eigenvalue weighted by molar-refractivity contribution is -0.387. The Bertz CT molecular complexity index is 922. The van der Waals surface area contributed by atoms with Gasteiger partial charge in [-0.3, -0.25) is 14.8 Å². The molecule has 0 saturated carbocycles. The average Bonchev–Trinajstić information content (AvgIpc) is 2.62. The number of para-hydroxylation sites is 1. The van der Waals surface area contributed by atoms with Crippen LogP contribution >= 0.6 is 0 Å². The predicted molar refractivity (Wildman–Crippen MR) is 99.9 cm³/mol. The van der Waals surface area contributed by atoms with E-state index < -0.39 is 20.6 Å². The van der Waals surface area contributed by atoms with Gasteiger partial charge in [-0.15, -0.1) is 0 Å². The van der Waals surface area contributed by atoms with Gasteiger partial charge < -0.3 is 5.32 Å². The van der Waals surface area contributed by atoms with Gasteiger partial charge in [-0.1, -0.05) is 18.2 Å². The topological polar surface area (TPSA) is 101 Å². The predicted octanol–water partition coefficient (Wildman–Crippen LogP) is 3.17. The number of nitro benzene ring substituents is 1. The number of hydrogen-bond acceptors (Lipinski definition) is 5. The smallest absolute Gasteiger partial charge is 0.289 e. The van der Waals surface area contributed by atoms with Gasteiger partial charge in [-0.25, -0.2) is 8.42 Å². The summed E-state index contributed by atoms with van der Waals surface area (Å²) < 4.78 is 27.7. The molecule has 2 aromatic carbocycles. The van der Waals surface area contributed by atoms with Crippen LogP contribution in [0.1, 0.15) is 29.9 Å². The van der Waals surface area contributed by atoms with Crippen molar-refractivity contribution in [3.8, 4) is 0 Å². The van der Waals surface area contributed by atoms with E-state index in [0.29, 0.717) is 11.6 Å². The fourth-order valence-electron chi connectivity index (χ4n) is 3.38. The van der Waals surface area contributed by atoms with Crippen LogP contribution in [0.3, 0.4) is 0 Å². The SMILES string of the molecule is Cc1cc(NS(=O)(=O)c2ccccc2[N+](=O)[O-])ccc1C1CCNCC1. The van der Waals surface area contributed by atoms with Crippen molar-refractivity contribution in [3.05, 3.63) is 63.7 Å². The fraction of sp³-hybridized carbons (Fsp3) is 0.333. The molecule has 7 nitrogen and oxygen atoms in total. The number of rotatable bonds is 5. The molecule has 0 amide bonds. The zero-order valence-electron chi connectivity index (χ0n) is 14.4. The zero-order chi connectivity index (χ0) is 18.7. The van der Waals surface area contributed by atoms with Crippen molar-refractivity contribution >= 4 is 21.4 Å². The molecule has 0 radical (unpaired) electrons. The van der Waals surface area contributed by atoms with Crippen molar-refractivity contribution in [2.75, 3.05) is 17.8 Å². The lowest BCUT2D eigenvalue weighted by atomic mass is 9.87. The van der Waals surface area contributed by atoms with Gasteiger partial charge in [0.2, 0.25) is 0 Å². The summed E-state index contributed by atoms with van der Waals surface area (Å²) in [4.78, 5) is 10.1. The molecule has 3 rings (SSSR count). The standard InChI is InChI=1S/C18H21N3O4S/c1-13-12-15(6-7-16(13)14-8-10-19-11-9-14)20-26(24,25)18-5-3-2-4-17(18)21(22)23/h2-7,12,14,19-20H,8-11H2,1H3. The van der Waals surface area contributed by atoms with E-state index in [0.717, 1.165) is 31.5 Å². The second kappa shape index (κ2) is 7.43. The molecule has 26 heavy (non-hydrogen) atoms.